The molecule has 126 valence electrons. The Morgan fingerprint density at radius 3 is 1.96 bits per heavy atom. The van der Waals surface area contributed by atoms with Crippen LogP contribution in [0.1, 0.15) is 24.8 Å². The molecule has 0 saturated heterocycles. The zero-order valence-corrected chi connectivity index (χ0v) is 11.7. The van der Waals surface area contributed by atoms with E-state index in [2.05, 4.69) is 10.3 Å². The molecule has 9 heteroatoms. The zero-order valence-electron chi connectivity index (χ0n) is 11.7. The average molecular weight is 337 g/mol. The van der Waals surface area contributed by atoms with Gasteiger partial charge in [0.15, 0.2) is 0 Å². The summed E-state index contributed by atoms with van der Waals surface area (Å²) in [5.74, 6) is -3.85. The number of hydrogen-bond donors (Lipinski definition) is 1. The van der Waals surface area contributed by atoms with E-state index in [-0.39, 0.29) is 11.4 Å². The van der Waals surface area contributed by atoms with Crippen molar-refractivity contribution in [2.24, 2.45) is 11.8 Å². The second-order valence-electron chi connectivity index (χ2n) is 5.57. The largest absolute Gasteiger partial charge is 0.391 e. The molecule has 1 N–H and O–H groups in total. The molecule has 1 aliphatic rings. The lowest BCUT2D eigenvalue weighted by Crippen LogP contribution is -2.42. The van der Waals surface area contributed by atoms with Crippen molar-refractivity contribution in [3.8, 4) is 6.07 Å². The number of alkyl halides is 6. The number of nitrogens with one attached hydrogen (secondary N) is 1. The fourth-order valence-corrected chi connectivity index (χ4v) is 2.73. The molecule has 1 fully saturated rings. The molecule has 2 rings (SSSR count). The van der Waals surface area contributed by atoms with Gasteiger partial charge in [-0.3, -0.25) is 0 Å². The molecule has 0 bridgehead atoms. The number of nitriles is 1. The monoisotopic (exact) mass is 337 g/mol. The highest BCUT2D eigenvalue weighted by Gasteiger charge is 2.51. The van der Waals surface area contributed by atoms with Crippen molar-refractivity contribution in [2.45, 2.75) is 37.7 Å². The molecule has 0 unspecified atom stereocenters. The van der Waals surface area contributed by atoms with E-state index >= 15 is 0 Å². The first kappa shape index (κ1) is 17.4. The van der Waals surface area contributed by atoms with E-state index in [9.17, 15) is 26.3 Å². The third kappa shape index (κ3) is 4.50. The molecular formula is C14H13F6N3. The van der Waals surface area contributed by atoms with E-state index in [0.29, 0.717) is 0 Å². The molecule has 1 aliphatic carbocycles. The Hall–Kier alpha value is -1.98. The summed E-state index contributed by atoms with van der Waals surface area (Å²) in [4.78, 5) is 3.82. The number of aromatic nitrogens is 1. The first-order chi connectivity index (χ1) is 10.6. The summed E-state index contributed by atoms with van der Waals surface area (Å²) >= 11 is 0. The van der Waals surface area contributed by atoms with Crippen LogP contribution in [0, 0.1) is 23.2 Å². The maximum atomic E-state index is 12.9. The van der Waals surface area contributed by atoms with Crippen molar-refractivity contribution in [2.75, 3.05) is 5.32 Å². The molecule has 2 atom stereocenters. The predicted octanol–water partition coefficient (Wildman–Crippen LogP) is 4.27. The van der Waals surface area contributed by atoms with Crippen molar-refractivity contribution < 1.29 is 26.3 Å². The van der Waals surface area contributed by atoms with Crippen molar-refractivity contribution in [3.63, 3.8) is 0 Å². The lowest BCUT2D eigenvalue weighted by molar-refractivity contribution is -0.223. The maximum absolute atomic E-state index is 12.9. The summed E-state index contributed by atoms with van der Waals surface area (Å²) in [5, 5.41) is 11.3. The maximum Gasteiger partial charge on any atom is 0.391 e. The normalized spacial score (nSPS) is 25.7. The van der Waals surface area contributed by atoms with E-state index in [0.717, 1.165) is 0 Å². The standard InChI is InChI=1S/C14H13F6N3/c15-13(16,17)9-3-10(14(18,19)20)5-11(4-9)23-12-2-1-8(6-21)7-22-12/h1-2,7,9-11H,3-5H2,(H,22,23)/t9-,10-/m0/s1. The zero-order chi connectivity index (χ0) is 17.3. The first-order valence-corrected chi connectivity index (χ1v) is 6.85. The van der Waals surface area contributed by atoms with Crippen molar-refractivity contribution >= 4 is 5.82 Å². The molecule has 1 aromatic rings. The second kappa shape index (κ2) is 6.26. The number of anilines is 1. The van der Waals surface area contributed by atoms with Crippen LogP contribution in [0.3, 0.4) is 0 Å². The van der Waals surface area contributed by atoms with Gasteiger partial charge in [-0.1, -0.05) is 0 Å². The minimum Gasteiger partial charge on any atom is -0.367 e. The van der Waals surface area contributed by atoms with Gasteiger partial charge in [-0.15, -0.1) is 0 Å². The summed E-state index contributed by atoms with van der Waals surface area (Å²) in [7, 11) is 0. The van der Waals surface area contributed by atoms with Gasteiger partial charge in [-0.2, -0.15) is 31.6 Å². The summed E-state index contributed by atoms with van der Waals surface area (Å²) in [6.45, 7) is 0. The van der Waals surface area contributed by atoms with Gasteiger partial charge in [0.1, 0.15) is 11.9 Å². The summed E-state index contributed by atoms with van der Waals surface area (Å²) in [6, 6.07) is 3.59. The molecule has 3 nitrogen and oxygen atoms in total. The number of rotatable bonds is 2. The molecular weight excluding hydrogens is 324 g/mol. The number of nitrogens with zero attached hydrogens (tertiary/aromatic N) is 2. The van der Waals surface area contributed by atoms with Gasteiger partial charge in [0.25, 0.3) is 0 Å². The topological polar surface area (TPSA) is 48.7 Å². The number of pyridine rings is 1. The third-order valence-corrected chi connectivity index (χ3v) is 3.88. The lowest BCUT2D eigenvalue weighted by Gasteiger charge is -2.37. The van der Waals surface area contributed by atoms with E-state index in [4.69, 9.17) is 5.26 Å². The second-order valence-corrected chi connectivity index (χ2v) is 5.57. The molecule has 0 aromatic carbocycles. The van der Waals surface area contributed by atoms with Crippen molar-refractivity contribution in [1.29, 1.82) is 5.26 Å². The average Bonchev–Trinajstić information content (AvgIpc) is 2.46. The molecule has 0 aliphatic heterocycles. The Morgan fingerprint density at radius 1 is 1.00 bits per heavy atom. The Kier molecular flexibility index (Phi) is 4.73. The Labute approximate surface area is 128 Å². The predicted molar refractivity (Wildman–Crippen MR) is 69.3 cm³/mol. The van der Waals surface area contributed by atoms with Crippen LogP contribution in [0.15, 0.2) is 18.3 Å². The van der Waals surface area contributed by atoms with Crippen LogP contribution in [0.4, 0.5) is 32.2 Å². The quantitative estimate of drug-likeness (QED) is 0.820. The van der Waals surface area contributed by atoms with Crippen LogP contribution in [-0.4, -0.2) is 23.4 Å². The van der Waals surface area contributed by atoms with Crippen LogP contribution in [0.2, 0.25) is 0 Å². The van der Waals surface area contributed by atoms with Gasteiger partial charge in [-0.25, -0.2) is 4.98 Å². The third-order valence-electron chi connectivity index (χ3n) is 3.88. The van der Waals surface area contributed by atoms with Crippen LogP contribution in [-0.2, 0) is 0 Å². The van der Waals surface area contributed by atoms with E-state index in [1.165, 1.54) is 18.3 Å². The van der Waals surface area contributed by atoms with Gasteiger partial charge in [0.2, 0.25) is 0 Å². The number of hydrogen-bond acceptors (Lipinski definition) is 3. The van der Waals surface area contributed by atoms with Crippen LogP contribution < -0.4 is 5.32 Å². The van der Waals surface area contributed by atoms with E-state index < -0.39 is 49.5 Å². The Balaban J connectivity index is 2.14. The summed E-state index contributed by atoms with van der Waals surface area (Å²) in [6.07, 6.45) is -9.93. The molecule has 0 amide bonds. The molecule has 1 aromatic heterocycles. The molecule has 23 heavy (non-hydrogen) atoms. The van der Waals surface area contributed by atoms with Crippen molar-refractivity contribution in [1.82, 2.24) is 4.98 Å². The van der Waals surface area contributed by atoms with Crippen molar-refractivity contribution in [3.05, 3.63) is 23.9 Å². The highest BCUT2D eigenvalue weighted by molar-refractivity contribution is 5.39. The minimum absolute atomic E-state index is 0.151. The van der Waals surface area contributed by atoms with Gasteiger partial charge >= 0.3 is 12.4 Å². The smallest absolute Gasteiger partial charge is 0.367 e. The number of halogens is 6. The highest BCUT2D eigenvalue weighted by atomic mass is 19.4. The Bertz CT molecular complexity index is 550. The van der Waals surface area contributed by atoms with Gasteiger partial charge in [-0.05, 0) is 31.4 Å². The van der Waals surface area contributed by atoms with Crippen LogP contribution in [0.25, 0.3) is 0 Å². The summed E-state index contributed by atoms with van der Waals surface area (Å²) in [5.41, 5.74) is 0.250. The minimum atomic E-state index is -4.66. The van der Waals surface area contributed by atoms with Gasteiger partial charge < -0.3 is 5.32 Å². The lowest BCUT2D eigenvalue weighted by atomic mass is 9.77. The fourth-order valence-electron chi connectivity index (χ4n) is 2.73. The molecule has 0 spiro atoms. The van der Waals surface area contributed by atoms with Crippen LogP contribution >= 0.6 is 0 Å². The fraction of sp³-hybridized carbons (Fsp3) is 0.571. The van der Waals surface area contributed by atoms with Gasteiger partial charge in [0, 0.05) is 12.2 Å². The molecule has 0 radical (unpaired) electrons. The summed E-state index contributed by atoms with van der Waals surface area (Å²) < 4.78 is 77.2. The Morgan fingerprint density at radius 2 is 1.57 bits per heavy atom. The van der Waals surface area contributed by atoms with E-state index in [1.807, 2.05) is 6.07 Å². The molecule has 1 saturated carbocycles. The van der Waals surface area contributed by atoms with E-state index in [1.54, 1.807) is 0 Å². The van der Waals surface area contributed by atoms with Crippen LogP contribution in [0.5, 0.6) is 0 Å². The highest BCUT2D eigenvalue weighted by Crippen LogP contribution is 2.46. The SMILES string of the molecule is N#Cc1ccc(NC2C[C@@H](C(F)(F)F)C[C@H](C(F)(F)F)C2)nc1. The molecule has 1 heterocycles. The van der Waals surface area contributed by atoms with Gasteiger partial charge in [0.05, 0.1) is 17.4 Å². The first-order valence-electron chi connectivity index (χ1n) is 6.85.